The molecule has 0 bridgehead atoms. The van der Waals surface area contributed by atoms with E-state index in [1.54, 1.807) is 0 Å². The number of hydrogen-bond acceptors (Lipinski definition) is 3. The molecule has 0 saturated carbocycles. The molecule has 3 heteroatoms. The summed E-state index contributed by atoms with van der Waals surface area (Å²) in [5.41, 5.74) is 0. The van der Waals surface area contributed by atoms with E-state index in [1.165, 1.54) is 51.4 Å². The van der Waals surface area contributed by atoms with Crippen molar-refractivity contribution in [3.8, 4) is 0 Å². The van der Waals surface area contributed by atoms with Gasteiger partial charge in [0.15, 0.2) is 5.05 Å². The molecule has 0 saturated heterocycles. The van der Waals surface area contributed by atoms with E-state index >= 15 is 0 Å². The highest BCUT2D eigenvalue weighted by molar-refractivity contribution is 7.80. The summed E-state index contributed by atoms with van der Waals surface area (Å²) in [5.74, 6) is 0. The second kappa shape index (κ2) is 14.3. The van der Waals surface area contributed by atoms with E-state index in [0.717, 1.165) is 12.8 Å². The first-order chi connectivity index (χ1) is 9.20. The van der Waals surface area contributed by atoms with Crippen molar-refractivity contribution in [2.75, 3.05) is 6.61 Å². The van der Waals surface area contributed by atoms with Crippen LogP contribution >= 0.6 is 12.2 Å². The van der Waals surface area contributed by atoms with Crippen molar-refractivity contribution in [2.45, 2.75) is 90.6 Å². The van der Waals surface area contributed by atoms with Gasteiger partial charge in [-0.2, -0.15) is 0 Å². The highest BCUT2D eigenvalue weighted by atomic mass is 32.1. The van der Waals surface area contributed by atoms with Crippen molar-refractivity contribution in [2.24, 2.45) is 0 Å². The number of thiocarbonyl (C=S) groups is 1. The number of unbranched alkanes of at least 4 members (excludes halogenated alkanes) is 8. The van der Waals surface area contributed by atoms with Crippen LogP contribution < -0.4 is 0 Å². The lowest BCUT2D eigenvalue weighted by atomic mass is 10.0. The number of aliphatic hydroxyl groups excluding tert-OH is 1. The molecular formula is C16H32O2S. The topological polar surface area (TPSA) is 29.5 Å². The molecule has 0 aliphatic carbocycles. The molecule has 0 aliphatic rings. The van der Waals surface area contributed by atoms with E-state index in [4.69, 9.17) is 17.0 Å². The quantitative estimate of drug-likeness (QED) is 0.381. The normalized spacial score (nSPS) is 12.4. The van der Waals surface area contributed by atoms with Crippen LogP contribution in [0.5, 0.6) is 0 Å². The van der Waals surface area contributed by atoms with E-state index in [9.17, 15) is 5.11 Å². The number of hydrogen-bond donors (Lipinski definition) is 1. The van der Waals surface area contributed by atoms with Gasteiger partial charge < -0.3 is 9.84 Å². The highest BCUT2D eigenvalue weighted by Crippen LogP contribution is 2.12. The zero-order valence-corrected chi connectivity index (χ0v) is 13.6. The van der Waals surface area contributed by atoms with Gasteiger partial charge in [0.05, 0.1) is 12.7 Å². The van der Waals surface area contributed by atoms with Crippen LogP contribution in [-0.4, -0.2) is 22.9 Å². The van der Waals surface area contributed by atoms with Gasteiger partial charge in [-0.15, -0.1) is 0 Å². The van der Waals surface area contributed by atoms with Gasteiger partial charge in [0.1, 0.15) is 0 Å². The van der Waals surface area contributed by atoms with E-state index in [1.807, 2.05) is 6.92 Å². The van der Waals surface area contributed by atoms with E-state index < -0.39 is 0 Å². The van der Waals surface area contributed by atoms with Crippen molar-refractivity contribution >= 4 is 17.3 Å². The molecule has 1 atom stereocenters. The molecule has 0 spiro atoms. The Bertz CT molecular complexity index is 207. The van der Waals surface area contributed by atoms with Crippen LogP contribution in [0.25, 0.3) is 0 Å². The molecule has 0 rings (SSSR count). The van der Waals surface area contributed by atoms with Crippen molar-refractivity contribution in [1.29, 1.82) is 0 Å². The third-order valence-corrected chi connectivity index (χ3v) is 3.63. The first kappa shape index (κ1) is 18.9. The first-order valence-electron chi connectivity index (χ1n) is 8.04. The van der Waals surface area contributed by atoms with Gasteiger partial charge >= 0.3 is 0 Å². The maximum Gasteiger partial charge on any atom is 0.162 e. The Hall–Kier alpha value is -0.150. The third-order valence-electron chi connectivity index (χ3n) is 3.35. The largest absolute Gasteiger partial charge is 0.487 e. The smallest absolute Gasteiger partial charge is 0.162 e. The second-order valence-corrected chi connectivity index (χ2v) is 5.74. The fraction of sp³-hybridized carbons (Fsp3) is 0.938. The summed E-state index contributed by atoms with van der Waals surface area (Å²) in [6.07, 6.45) is 12.9. The summed E-state index contributed by atoms with van der Waals surface area (Å²) in [5, 5.41) is 10.3. The predicted molar refractivity (Wildman–Crippen MR) is 86.7 cm³/mol. The van der Waals surface area contributed by atoms with Crippen LogP contribution in [0.4, 0.5) is 0 Å². The summed E-state index contributed by atoms with van der Waals surface area (Å²) >= 11 is 5.02. The summed E-state index contributed by atoms with van der Waals surface area (Å²) in [4.78, 5) is 0. The van der Waals surface area contributed by atoms with E-state index in [-0.39, 0.29) is 6.10 Å². The van der Waals surface area contributed by atoms with E-state index in [2.05, 4.69) is 6.92 Å². The first-order valence-corrected chi connectivity index (χ1v) is 8.45. The van der Waals surface area contributed by atoms with Crippen molar-refractivity contribution in [3.63, 3.8) is 0 Å². The number of aliphatic hydroxyl groups is 1. The Morgan fingerprint density at radius 2 is 1.47 bits per heavy atom. The Balaban J connectivity index is 3.22. The maximum absolute atomic E-state index is 9.78. The molecule has 19 heavy (non-hydrogen) atoms. The van der Waals surface area contributed by atoms with Crippen molar-refractivity contribution in [3.05, 3.63) is 0 Å². The summed E-state index contributed by atoms with van der Waals surface area (Å²) in [6, 6.07) is 0. The average molecular weight is 288 g/mol. The van der Waals surface area contributed by atoms with Gasteiger partial charge in [-0.1, -0.05) is 64.7 Å². The highest BCUT2D eigenvalue weighted by Gasteiger charge is 2.07. The Labute approximate surface area is 124 Å². The molecule has 0 amide bonds. The Kier molecular flexibility index (Phi) is 14.2. The molecule has 1 N–H and O–H groups in total. The van der Waals surface area contributed by atoms with Crippen LogP contribution in [0.2, 0.25) is 0 Å². The maximum atomic E-state index is 9.78. The van der Waals surface area contributed by atoms with Crippen molar-refractivity contribution in [1.82, 2.24) is 0 Å². The summed E-state index contributed by atoms with van der Waals surface area (Å²) < 4.78 is 5.18. The number of ether oxygens (including phenoxy) is 1. The van der Waals surface area contributed by atoms with Gasteiger partial charge in [0.2, 0.25) is 0 Å². The fourth-order valence-electron chi connectivity index (χ4n) is 2.20. The molecule has 0 heterocycles. The van der Waals surface area contributed by atoms with Crippen LogP contribution in [0.15, 0.2) is 0 Å². The molecular weight excluding hydrogens is 256 g/mol. The molecule has 2 nitrogen and oxygen atoms in total. The van der Waals surface area contributed by atoms with Crippen LogP contribution in [-0.2, 0) is 4.74 Å². The lowest BCUT2D eigenvalue weighted by Gasteiger charge is -2.11. The molecule has 0 aromatic carbocycles. The SMILES string of the molecule is CCCCCCCCCCC[C@@H](O)CC(=S)OCC. The van der Waals surface area contributed by atoms with Gasteiger partial charge in [-0.25, -0.2) is 0 Å². The summed E-state index contributed by atoms with van der Waals surface area (Å²) in [6.45, 7) is 4.77. The van der Waals surface area contributed by atoms with Crippen LogP contribution in [0.3, 0.4) is 0 Å². The lowest BCUT2D eigenvalue weighted by Crippen LogP contribution is -2.14. The summed E-state index contributed by atoms with van der Waals surface area (Å²) in [7, 11) is 0. The zero-order valence-electron chi connectivity index (χ0n) is 12.8. The third kappa shape index (κ3) is 14.1. The number of rotatable bonds is 13. The molecule has 0 radical (unpaired) electrons. The molecule has 0 fully saturated rings. The van der Waals surface area contributed by atoms with Crippen LogP contribution in [0, 0.1) is 0 Å². The Morgan fingerprint density at radius 1 is 0.947 bits per heavy atom. The van der Waals surface area contributed by atoms with Crippen molar-refractivity contribution < 1.29 is 9.84 Å². The average Bonchev–Trinajstić information content (AvgIpc) is 2.37. The Morgan fingerprint density at radius 3 is 2.00 bits per heavy atom. The standard InChI is InChI=1S/C16H32O2S/c1-3-5-6-7-8-9-10-11-12-13-15(17)14-16(19)18-4-2/h15,17H,3-14H2,1-2H3/t15-/m1/s1. The zero-order chi connectivity index (χ0) is 14.3. The molecule has 0 aromatic rings. The minimum Gasteiger partial charge on any atom is -0.487 e. The van der Waals surface area contributed by atoms with Crippen LogP contribution in [0.1, 0.15) is 84.5 Å². The van der Waals surface area contributed by atoms with Gasteiger partial charge in [-0.3, -0.25) is 0 Å². The second-order valence-electron chi connectivity index (χ2n) is 5.28. The van der Waals surface area contributed by atoms with Gasteiger partial charge in [0.25, 0.3) is 0 Å². The monoisotopic (exact) mass is 288 g/mol. The van der Waals surface area contributed by atoms with Gasteiger partial charge in [-0.05, 0) is 25.6 Å². The molecule has 0 aromatic heterocycles. The van der Waals surface area contributed by atoms with Gasteiger partial charge in [0, 0.05) is 6.42 Å². The van der Waals surface area contributed by atoms with E-state index in [0.29, 0.717) is 18.1 Å². The minimum absolute atomic E-state index is 0.316. The lowest BCUT2D eigenvalue weighted by molar-refractivity contribution is 0.159. The molecule has 0 unspecified atom stereocenters. The molecule has 0 aliphatic heterocycles. The predicted octanol–water partition coefficient (Wildman–Crippen LogP) is 5.02. The molecule has 114 valence electrons. The minimum atomic E-state index is -0.316. The fourth-order valence-corrected chi connectivity index (χ4v) is 2.52.